The molecule has 4 aromatic heterocycles. The van der Waals surface area contributed by atoms with Gasteiger partial charge in [-0.1, -0.05) is 89.2 Å². The van der Waals surface area contributed by atoms with Gasteiger partial charge in [0.2, 0.25) is 11.9 Å². The van der Waals surface area contributed by atoms with Crippen LogP contribution in [0.1, 0.15) is 63.8 Å². The number of nitrogens with one attached hydrogen (secondary N) is 3. The number of hydrogen-bond donors (Lipinski definition) is 3. The van der Waals surface area contributed by atoms with Gasteiger partial charge < -0.3 is 28.1 Å². The maximum Gasteiger partial charge on any atom is 0.336 e. The first-order chi connectivity index (χ1) is 36.1. The Balaban J connectivity index is 1.07. The van der Waals surface area contributed by atoms with E-state index < -0.39 is 104 Å². The van der Waals surface area contributed by atoms with Gasteiger partial charge in [0, 0.05) is 12.5 Å². The number of hydrogen-bond acceptors (Lipinski definition) is 16. The number of fused-ring (bicyclic) bond motifs is 2. The predicted molar refractivity (Wildman–Crippen MR) is 277 cm³/mol. The lowest BCUT2D eigenvalue weighted by atomic mass is 9.80. The van der Waals surface area contributed by atoms with Crippen LogP contribution in [0.15, 0.2) is 109 Å². The zero-order chi connectivity index (χ0) is 54.3. The van der Waals surface area contributed by atoms with Crippen LogP contribution in [0.4, 0.5) is 14.7 Å². The average Bonchev–Trinajstić information content (AvgIpc) is 4.28. The summed E-state index contributed by atoms with van der Waals surface area (Å²) in [7, 11) is -4.70. The molecule has 21 nitrogen and oxygen atoms in total. The average molecular weight is 1090 g/mol. The van der Waals surface area contributed by atoms with Crippen molar-refractivity contribution in [3.05, 3.63) is 131 Å². The van der Waals surface area contributed by atoms with Crippen molar-refractivity contribution in [2.24, 2.45) is 5.92 Å². The molecule has 3 N–H and O–H groups in total. The molecule has 0 bridgehead atoms. The fourth-order valence-electron chi connectivity index (χ4n) is 8.95. The number of aromatic amines is 1. The van der Waals surface area contributed by atoms with Gasteiger partial charge in [0.1, 0.15) is 47.3 Å². The molecule has 2 aliphatic rings. The van der Waals surface area contributed by atoms with E-state index in [-0.39, 0.29) is 27.8 Å². The minimum absolute atomic E-state index is 0.196. The Kier molecular flexibility index (Phi) is 15.3. The van der Waals surface area contributed by atoms with Crippen LogP contribution in [-0.4, -0.2) is 126 Å². The van der Waals surface area contributed by atoms with E-state index in [1.165, 1.54) is 23.4 Å². The SMILES string of the molecule is COc1ccc(C(OC[C@H]2O[C@@H](n3cnc4c(=O)[nH]c(NC(=O)C(C)C)nc43)[C@H](OS(=O)(=O)NC[C@H]3O[C@@H](n4cnc5cncnc54)[C@H](F)[C@@H]3O[Si](C)(C)C(C)(C)C)[C@@H]2F)(c2ccccc2)c2ccc(OC)cc2)cc1. The molecule has 0 spiro atoms. The molecule has 0 radical (unpaired) electrons. The van der Waals surface area contributed by atoms with Gasteiger partial charge in [-0.2, -0.15) is 18.1 Å². The van der Waals surface area contributed by atoms with Crippen molar-refractivity contribution in [2.45, 2.75) is 108 Å². The number of nitrogens with zero attached hydrogens (tertiary/aromatic N) is 7. The van der Waals surface area contributed by atoms with Crippen molar-refractivity contribution in [1.29, 1.82) is 0 Å². The Hall–Kier alpha value is -6.58. The summed E-state index contributed by atoms with van der Waals surface area (Å²) in [5.74, 6) is -0.0917. The molecule has 0 saturated carbocycles. The quantitative estimate of drug-likeness (QED) is 0.0566. The van der Waals surface area contributed by atoms with E-state index in [1.807, 2.05) is 88.5 Å². The van der Waals surface area contributed by atoms with Crippen molar-refractivity contribution < 1.29 is 54.3 Å². The number of aromatic nitrogens is 8. The van der Waals surface area contributed by atoms with Crippen molar-refractivity contribution in [3.8, 4) is 11.5 Å². The van der Waals surface area contributed by atoms with Crippen LogP contribution >= 0.6 is 0 Å². The minimum Gasteiger partial charge on any atom is -0.497 e. The van der Waals surface area contributed by atoms with Gasteiger partial charge in [0.15, 0.2) is 56.0 Å². The zero-order valence-corrected chi connectivity index (χ0v) is 45.0. The second-order valence-electron chi connectivity index (χ2n) is 20.3. The van der Waals surface area contributed by atoms with Crippen LogP contribution in [0.3, 0.4) is 0 Å². The number of halogens is 2. The Labute approximate surface area is 438 Å². The number of carbonyl (C=O) groups is 1. The molecule has 2 saturated heterocycles. The fourth-order valence-corrected chi connectivity index (χ4v) is 11.2. The van der Waals surface area contributed by atoms with E-state index in [9.17, 15) is 18.0 Å². The molecule has 7 aromatic rings. The first-order valence-electron chi connectivity index (χ1n) is 24.5. The molecule has 3 aromatic carbocycles. The van der Waals surface area contributed by atoms with E-state index in [2.05, 4.69) is 39.9 Å². The van der Waals surface area contributed by atoms with Crippen molar-refractivity contribution >= 4 is 52.8 Å². The highest BCUT2D eigenvalue weighted by Crippen LogP contribution is 2.45. The number of rotatable bonds is 19. The Bertz CT molecular complexity index is 3300. The smallest absolute Gasteiger partial charge is 0.336 e. The third-order valence-corrected chi connectivity index (χ3v) is 19.6. The number of methoxy groups -OCH3 is 2. The summed E-state index contributed by atoms with van der Waals surface area (Å²) in [6.45, 7) is 12.0. The third-order valence-electron chi connectivity index (χ3n) is 14.1. The number of anilines is 1. The number of imidazole rings is 2. The number of benzene rings is 3. The maximum atomic E-state index is 17.8. The first-order valence-corrected chi connectivity index (χ1v) is 28.8. The van der Waals surface area contributed by atoms with Crippen LogP contribution < -0.4 is 25.1 Å². The number of H-pyrrole nitrogens is 1. The molecule has 0 aliphatic carbocycles. The molecule has 9 rings (SSSR count). The summed E-state index contributed by atoms with van der Waals surface area (Å²) in [5, 5.41) is 2.16. The van der Waals surface area contributed by atoms with Gasteiger partial charge in [-0.25, -0.2) is 32.9 Å². The van der Waals surface area contributed by atoms with E-state index in [0.717, 1.165) is 10.9 Å². The number of alkyl halides is 2. The monoisotopic (exact) mass is 1090 g/mol. The highest BCUT2D eigenvalue weighted by Gasteiger charge is 2.54. The topological polar surface area (TPSA) is 247 Å². The zero-order valence-electron chi connectivity index (χ0n) is 43.2. The van der Waals surface area contributed by atoms with Gasteiger partial charge in [-0.15, -0.1) is 0 Å². The molecule has 1 amide bonds. The predicted octanol–water partition coefficient (Wildman–Crippen LogP) is 6.66. The van der Waals surface area contributed by atoms with Crippen LogP contribution in [0.2, 0.25) is 18.1 Å². The maximum absolute atomic E-state index is 17.8. The van der Waals surface area contributed by atoms with Crippen molar-refractivity contribution in [2.75, 3.05) is 32.7 Å². The summed E-state index contributed by atoms with van der Waals surface area (Å²) in [6.07, 6.45) is -8.05. The molecule has 25 heteroatoms. The normalized spacial score (nSPS) is 22.4. The number of carbonyl (C=O) groups excluding carboxylic acids is 1. The van der Waals surface area contributed by atoms with Gasteiger partial charge in [-0.05, 0) is 59.1 Å². The number of amides is 1. The standard InChI is InChI=1S/C51H60F2N10O11SSi/c1-29(2)45(64)60-49-59-44-40(46(65)61-49)57-28-63(44)48-42(73-75(66,67)58-24-36-41(74-76(8,9)50(3,4)5)39(53)47(71-36)62-27-56-35-23-54-26-55-43(35)62)38(52)37(72-48)25-70-51(30-13-11-10-12-14-30,31-15-19-33(68-6)20-16-31)32-17-21-34(69-7)22-18-32/h10-23,26-29,36-39,41-42,47-48,58H,24-25H2,1-9H3,(H2,59,60,61,64,65)/t36-,37-,38-,39-,41-,42-,47-,48-/m1/s1. The second-order valence-corrected chi connectivity index (χ2v) is 26.5. The van der Waals surface area contributed by atoms with Gasteiger partial charge in [0.05, 0.1) is 39.7 Å². The summed E-state index contributed by atoms with van der Waals surface area (Å²) in [4.78, 5) is 49.9. The largest absolute Gasteiger partial charge is 0.497 e. The van der Waals surface area contributed by atoms with E-state index >= 15 is 8.78 Å². The van der Waals surface area contributed by atoms with Gasteiger partial charge >= 0.3 is 10.3 Å². The number of ether oxygens (including phenoxy) is 5. The second kappa shape index (κ2) is 21.4. The van der Waals surface area contributed by atoms with E-state index in [1.54, 1.807) is 52.3 Å². The highest BCUT2D eigenvalue weighted by molar-refractivity contribution is 7.84. The Morgan fingerprint density at radius 1 is 0.816 bits per heavy atom. The van der Waals surface area contributed by atoms with Crippen molar-refractivity contribution in [1.82, 2.24) is 43.8 Å². The molecule has 76 heavy (non-hydrogen) atoms. The van der Waals surface area contributed by atoms with Crippen LogP contribution in [0, 0.1) is 5.92 Å². The molecule has 2 aliphatic heterocycles. The highest BCUT2D eigenvalue weighted by atomic mass is 32.2. The lowest BCUT2D eigenvalue weighted by molar-refractivity contribution is -0.118. The molecular formula is C51H60F2N10O11SSi. The Morgan fingerprint density at radius 2 is 1.42 bits per heavy atom. The molecule has 2 fully saturated rings. The third kappa shape index (κ3) is 10.6. The lowest BCUT2D eigenvalue weighted by Crippen LogP contribution is -2.50. The van der Waals surface area contributed by atoms with Crippen molar-refractivity contribution in [3.63, 3.8) is 0 Å². The summed E-state index contributed by atoms with van der Waals surface area (Å²) in [6, 6.07) is 23.5. The van der Waals surface area contributed by atoms with Crippen LogP contribution in [-0.2, 0) is 43.5 Å². The van der Waals surface area contributed by atoms with Crippen LogP contribution in [0.5, 0.6) is 11.5 Å². The Morgan fingerprint density at radius 3 is 2.04 bits per heavy atom. The fraction of sp³-hybridized carbons (Fsp3) is 0.431. The minimum atomic E-state index is -5.03. The lowest BCUT2D eigenvalue weighted by Gasteiger charge is -2.39. The van der Waals surface area contributed by atoms with E-state index in [4.69, 9.17) is 32.3 Å². The van der Waals surface area contributed by atoms with Gasteiger partial charge in [0.25, 0.3) is 5.56 Å². The summed E-state index contributed by atoms with van der Waals surface area (Å²) >= 11 is 0. The molecule has 404 valence electrons. The molecule has 0 unspecified atom stereocenters. The van der Waals surface area contributed by atoms with Crippen LogP contribution in [0.25, 0.3) is 22.3 Å². The molecule has 6 heterocycles. The first kappa shape index (κ1) is 54.2. The van der Waals surface area contributed by atoms with Gasteiger partial charge in [-0.3, -0.25) is 29.0 Å². The summed E-state index contributed by atoms with van der Waals surface area (Å²) < 4.78 is 112. The molecule has 8 atom stereocenters. The molecular weight excluding hydrogens is 1030 g/mol. The summed E-state index contributed by atoms with van der Waals surface area (Å²) in [5.41, 5.74) is -0.112. The van der Waals surface area contributed by atoms with E-state index in [0.29, 0.717) is 33.7 Å².